The Balaban J connectivity index is 2.19. The van der Waals surface area contributed by atoms with Gasteiger partial charge in [0, 0.05) is 6.92 Å². The Bertz CT molecular complexity index is 465. The van der Waals surface area contributed by atoms with E-state index in [1.54, 1.807) is 0 Å². The fourth-order valence-electron chi connectivity index (χ4n) is 2.95. The predicted octanol–water partition coefficient (Wildman–Crippen LogP) is -4.23. The van der Waals surface area contributed by atoms with Crippen LogP contribution < -0.4 is 5.32 Å². The normalized spacial score (nSPS) is 48.2. The van der Waals surface area contributed by atoms with Crippen LogP contribution in [-0.4, -0.2) is 105 Å². The Morgan fingerprint density at radius 1 is 1.04 bits per heavy atom. The quantitative estimate of drug-likeness (QED) is 0.257. The second-order valence-corrected chi connectivity index (χ2v) is 6.25. The molecule has 0 saturated carbocycles. The van der Waals surface area contributed by atoms with Crippen molar-refractivity contribution in [3.63, 3.8) is 0 Å². The molecule has 0 aromatic rings. The zero-order valence-electron chi connectivity index (χ0n) is 13.8. The summed E-state index contributed by atoms with van der Waals surface area (Å²) in [6.07, 6.45) is -12.3. The van der Waals surface area contributed by atoms with Crippen LogP contribution in [0, 0.1) is 0 Å². The van der Waals surface area contributed by atoms with Gasteiger partial charge >= 0.3 is 0 Å². The smallest absolute Gasteiger partial charge is 0.217 e. The minimum absolute atomic E-state index is 0.528. The van der Waals surface area contributed by atoms with Crippen molar-refractivity contribution in [3.05, 3.63) is 0 Å². The van der Waals surface area contributed by atoms with E-state index in [-0.39, 0.29) is 0 Å². The molecule has 0 aromatic heterocycles. The van der Waals surface area contributed by atoms with Crippen molar-refractivity contribution in [3.8, 4) is 0 Å². The molecular weight excluding hydrogens is 342 g/mol. The average Bonchev–Trinajstić information content (AvgIpc) is 2.55. The summed E-state index contributed by atoms with van der Waals surface area (Å²) in [7, 11) is 0. The van der Waals surface area contributed by atoms with Crippen molar-refractivity contribution in [2.75, 3.05) is 6.61 Å². The van der Waals surface area contributed by atoms with E-state index in [0.717, 1.165) is 0 Å². The molecule has 25 heavy (non-hydrogen) atoms. The second-order valence-electron chi connectivity index (χ2n) is 6.25. The summed E-state index contributed by atoms with van der Waals surface area (Å²) >= 11 is 0. The van der Waals surface area contributed by atoms with Crippen molar-refractivity contribution in [1.82, 2.24) is 5.32 Å². The van der Waals surface area contributed by atoms with Gasteiger partial charge in [-0.3, -0.25) is 4.79 Å². The van der Waals surface area contributed by atoms with Gasteiger partial charge in [0.25, 0.3) is 0 Å². The van der Waals surface area contributed by atoms with E-state index in [9.17, 15) is 35.4 Å². The van der Waals surface area contributed by atoms with Gasteiger partial charge < -0.3 is 50.2 Å². The molecule has 0 spiro atoms. The highest BCUT2D eigenvalue weighted by molar-refractivity contribution is 5.73. The largest absolute Gasteiger partial charge is 0.394 e. The molecule has 7 N–H and O–H groups in total. The number of nitrogens with one attached hydrogen (secondary N) is 1. The molecule has 1 amide bonds. The summed E-state index contributed by atoms with van der Waals surface area (Å²) in [5.74, 6) is -0.528. The predicted molar refractivity (Wildman–Crippen MR) is 78.8 cm³/mol. The van der Waals surface area contributed by atoms with Crippen LogP contribution in [-0.2, 0) is 19.0 Å². The van der Waals surface area contributed by atoms with Crippen molar-refractivity contribution in [1.29, 1.82) is 0 Å². The third-order valence-corrected chi connectivity index (χ3v) is 4.34. The average molecular weight is 367 g/mol. The lowest BCUT2D eigenvalue weighted by Gasteiger charge is -2.46. The lowest BCUT2D eigenvalue weighted by molar-refractivity contribution is -0.336. The molecule has 11 heteroatoms. The Kier molecular flexibility index (Phi) is 6.70. The number of aliphatic hydroxyl groups excluding tert-OH is 6. The molecular formula is C14H25NO10. The molecule has 10 atom stereocenters. The van der Waals surface area contributed by atoms with Crippen LogP contribution in [0.4, 0.5) is 0 Å². The molecule has 2 aliphatic heterocycles. The minimum Gasteiger partial charge on any atom is -0.394 e. The standard InChI is InChI=1S/C14H25NO10/c1-4-12(10(20)11(21)13(22)23-4)25-14-7(15-5(2)17)9(19)8(18)6(3-16)24-14/h4,6-14,16,18-22H,3H2,1-2H3,(H,15,17)/t4-,6+,7+,8+,9+,10-,11+,12-,13+,14-/m0/s1. The van der Waals surface area contributed by atoms with Crippen LogP contribution in [0.2, 0.25) is 0 Å². The minimum atomic E-state index is -1.63. The fraction of sp³-hybridized carbons (Fsp3) is 0.929. The van der Waals surface area contributed by atoms with E-state index in [4.69, 9.17) is 14.2 Å². The summed E-state index contributed by atoms with van der Waals surface area (Å²) in [6.45, 7) is 2.05. The van der Waals surface area contributed by atoms with Gasteiger partial charge in [-0.25, -0.2) is 0 Å². The van der Waals surface area contributed by atoms with E-state index in [1.165, 1.54) is 13.8 Å². The summed E-state index contributed by atoms with van der Waals surface area (Å²) in [6, 6.07) is -1.20. The summed E-state index contributed by atoms with van der Waals surface area (Å²) in [5.41, 5.74) is 0. The van der Waals surface area contributed by atoms with E-state index < -0.39 is 73.9 Å². The van der Waals surface area contributed by atoms with Crippen molar-refractivity contribution in [2.24, 2.45) is 0 Å². The van der Waals surface area contributed by atoms with Crippen molar-refractivity contribution < 1.29 is 49.6 Å². The van der Waals surface area contributed by atoms with Gasteiger partial charge in [-0.15, -0.1) is 0 Å². The molecule has 2 heterocycles. The number of ether oxygens (including phenoxy) is 3. The van der Waals surface area contributed by atoms with Crippen LogP contribution in [0.15, 0.2) is 0 Å². The van der Waals surface area contributed by atoms with E-state index in [2.05, 4.69) is 5.32 Å². The van der Waals surface area contributed by atoms with Crippen LogP contribution in [0.25, 0.3) is 0 Å². The van der Waals surface area contributed by atoms with Crippen molar-refractivity contribution in [2.45, 2.75) is 75.2 Å². The highest BCUT2D eigenvalue weighted by Crippen LogP contribution is 2.28. The molecule has 11 nitrogen and oxygen atoms in total. The van der Waals surface area contributed by atoms with Gasteiger partial charge in [-0.1, -0.05) is 0 Å². The molecule has 0 radical (unpaired) electrons. The first-order valence-electron chi connectivity index (χ1n) is 7.92. The first kappa shape index (κ1) is 20.4. The number of hydrogen-bond donors (Lipinski definition) is 7. The lowest BCUT2D eigenvalue weighted by Crippen LogP contribution is -2.67. The molecule has 0 unspecified atom stereocenters. The first-order valence-corrected chi connectivity index (χ1v) is 7.92. The Morgan fingerprint density at radius 2 is 1.68 bits per heavy atom. The molecule has 146 valence electrons. The third-order valence-electron chi connectivity index (χ3n) is 4.34. The Morgan fingerprint density at radius 3 is 2.24 bits per heavy atom. The lowest BCUT2D eigenvalue weighted by atomic mass is 9.95. The van der Waals surface area contributed by atoms with Crippen LogP contribution in [0.1, 0.15) is 13.8 Å². The number of carbonyl (C=O) groups excluding carboxylic acids is 1. The van der Waals surface area contributed by atoms with Crippen LogP contribution >= 0.6 is 0 Å². The van der Waals surface area contributed by atoms with Crippen LogP contribution in [0.3, 0.4) is 0 Å². The highest BCUT2D eigenvalue weighted by Gasteiger charge is 2.49. The number of carbonyl (C=O) groups is 1. The molecule has 0 aromatic carbocycles. The van der Waals surface area contributed by atoms with Gasteiger partial charge in [0.15, 0.2) is 12.6 Å². The van der Waals surface area contributed by atoms with Gasteiger partial charge in [-0.2, -0.15) is 0 Å². The maximum absolute atomic E-state index is 11.4. The van der Waals surface area contributed by atoms with E-state index in [1.807, 2.05) is 0 Å². The highest BCUT2D eigenvalue weighted by atomic mass is 16.7. The van der Waals surface area contributed by atoms with Gasteiger partial charge in [-0.05, 0) is 6.92 Å². The van der Waals surface area contributed by atoms with Gasteiger partial charge in [0.2, 0.25) is 5.91 Å². The maximum atomic E-state index is 11.4. The SMILES string of the molecule is CC(=O)N[C@H]1[C@H](O[C@@H]2[C@@H](O)[C@@H](O)[C@H](O)O[C@H]2C)O[C@H](CO)[C@@H](O)[C@@H]1O. The maximum Gasteiger partial charge on any atom is 0.217 e. The molecule has 0 bridgehead atoms. The first-order chi connectivity index (χ1) is 11.7. The van der Waals surface area contributed by atoms with Gasteiger partial charge in [0.1, 0.15) is 42.7 Å². The number of amides is 1. The topological polar surface area (TPSA) is 178 Å². The Labute approximate surface area is 143 Å². The van der Waals surface area contributed by atoms with E-state index in [0.29, 0.717) is 0 Å². The van der Waals surface area contributed by atoms with Crippen molar-refractivity contribution >= 4 is 5.91 Å². The van der Waals surface area contributed by atoms with Gasteiger partial charge in [0.05, 0.1) is 12.7 Å². The monoisotopic (exact) mass is 367 g/mol. The number of aliphatic hydroxyl groups is 6. The summed E-state index contributed by atoms with van der Waals surface area (Å²) in [4.78, 5) is 11.4. The molecule has 2 fully saturated rings. The van der Waals surface area contributed by atoms with Crippen LogP contribution in [0.5, 0.6) is 0 Å². The van der Waals surface area contributed by atoms with E-state index >= 15 is 0 Å². The third kappa shape index (κ3) is 4.27. The zero-order chi connectivity index (χ0) is 18.9. The second kappa shape index (κ2) is 8.20. The molecule has 0 aliphatic carbocycles. The fourth-order valence-corrected chi connectivity index (χ4v) is 2.95. The molecule has 2 saturated heterocycles. The summed E-state index contributed by atoms with van der Waals surface area (Å²) in [5, 5.41) is 61.1. The zero-order valence-corrected chi connectivity index (χ0v) is 13.8. The molecule has 2 aliphatic rings. The number of rotatable bonds is 4. The number of hydrogen-bond acceptors (Lipinski definition) is 10. The Hall–Kier alpha value is -0.890. The summed E-state index contributed by atoms with van der Waals surface area (Å²) < 4.78 is 16.0. The molecule has 2 rings (SSSR count).